The first-order chi connectivity index (χ1) is 8.54. The van der Waals surface area contributed by atoms with Gasteiger partial charge in [-0.3, -0.25) is 4.79 Å². The Labute approximate surface area is 114 Å². The van der Waals surface area contributed by atoms with E-state index < -0.39 is 0 Å². The second-order valence-electron chi connectivity index (χ2n) is 4.33. The van der Waals surface area contributed by atoms with Crippen LogP contribution >= 0.6 is 11.6 Å². The number of hydrogen-bond donors (Lipinski definition) is 1. The smallest absolute Gasteiger partial charge is 0.255 e. The molecule has 3 nitrogen and oxygen atoms in total. The van der Waals surface area contributed by atoms with Crippen molar-refractivity contribution in [3.63, 3.8) is 0 Å². The molecule has 0 aliphatic carbocycles. The molecule has 0 spiro atoms. The molecule has 0 aromatic heterocycles. The molecule has 0 saturated heterocycles. The minimum Gasteiger partial charge on any atom is -0.387 e. The van der Waals surface area contributed by atoms with Gasteiger partial charge in [0.05, 0.1) is 5.56 Å². The summed E-state index contributed by atoms with van der Waals surface area (Å²) in [6.45, 7) is 4.18. The van der Waals surface area contributed by atoms with Gasteiger partial charge in [0.1, 0.15) is 0 Å². The van der Waals surface area contributed by atoms with Crippen molar-refractivity contribution in [2.75, 3.05) is 19.4 Å². The van der Waals surface area contributed by atoms with Gasteiger partial charge in [-0.2, -0.15) is 0 Å². The van der Waals surface area contributed by atoms with Crippen LogP contribution in [0.4, 0.5) is 5.69 Å². The lowest BCUT2D eigenvalue weighted by Gasteiger charge is -2.27. The summed E-state index contributed by atoms with van der Waals surface area (Å²) in [4.78, 5) is 14.3. The average molecular weight is 269 g/mol. The average Bonchev–Trinajstić information content (AvgIpc) is 2.39. The predicted molar refractivity (Wildman–Crippen MR) is 77.5 cm³/mol. The first-order valence-corrected chi connectivity index (χ1v) is 6.67. The molecule has 0 aliphatic rings. The van der Waals surface area contributed by atoms with Crippen molar-refractivity contribution >= 4 is 23.2 Å². The fraction of sp³-hybridized carbons (Fsp3) is 0.500. The number of halogens is 1. The van der Waals surface area contributed by atoms with E-state index in [4.69, 9.17) is 11.6 Å². The number of amides is 1. The Morgan fingerprint density at radius 2 is 2.00 bits per heavy atom. The fourth-order valence-corrected chi connectivity index (χ4v) is 2.28. The molecule has 0 bridgehead atoms. The van der Waals surface area contributed by atoms with E-state index in [-0.39, 0.29) is 11.9 Å². The van der Waals surface area contributed by atoms with Gasteiger partial charge < -0.3 is 10.2 Å². The Hall–Kier alpha value is -1.22. The summed E-state index contributed by atoms with van der Waals surface area (Å²) in [6.07, 6.45) is 1.91. The van der Waals surface area contributed by atoms with E-state index in [0.29, 0.717) is 10.6 Å². The van der Waals surface area contributed by atoms with Crippen LogP contribution in [0.1, 0.15) is 37.0 Å². The van der Waals surface area contributed by atoms with Gasteiger partial charge in [0.2, 0.25) is 0 Å². The molecule has 1 amide bonds. The first kappa shape index (κ1) is 14.8. The van der Waals surface area contributed by atoms with Crippen LogP contribution in [0.5, 0.6) is 0 Å². The molecule has 1 rings (SSSR count). The van der Waals surface area contributed by atoms with Crippen LogP contribution in [0, 0.1) is 0 Å². The maximum atomic E-state index is 12.5. The highest BCUT2D eigenvalue weighted by Gasteiger charge is 2.20. The summed E-state index contributed by atoms with van der Waals surface area (Å²) < 4.78 is 0. The van der Waals surface area contributed by atoms with E-state index >= 15 is 0 Å². The summed E-state index contributed by atoms with van der Waals surface area (Å²) in [5, 5.41) is 3.61. The minimum absolute atomic E-state index is 0.00977. The van der Waals surface area contributed by atoms with Gasteiger partial charge in [-0.1, -0.05) is 25.4 Å². The minimum atomic E-state index is 0.00977. The number of rotatable bonds is 5. The van der Waals surface area contributed by atoms with E-state index in [0.717, 1.165) is 18.5 Å². The molecular formula is C14H21ClN2O. The highest BCUT2D eigenvalue weighted by atomic mass is 35.5. The predicted octanol–water partition coefficient (Wildman–Crippen LogP) is 3.64. The Morgan fingerprint density at radius 1 is 1.39 bits per heavy atom. The number of carbonyl (C=O) groups excluding carboxylic acids is 1. The number of carbonyl (C=O) groups is 1. The van der Waals surface area contributed by atoms with Gasteiger partial charge in [0, 0.05) is 30.8 Å². The molecule has 0 radical (unpaired) electrons. The van der Waals surface area contributed by atoms with Gasteiger partial charge in [0.15, 0.2) is 0 Å². The molecule has 0 aliphatic heterocycles. The summed E-state index contributed by atoms with van der Waals surface area (Å²) in [7, 11) is 3.65. The quantitative estimate of drug-likeness (QED) is 0.884. The lowest BCUT2D eigenvalue weighted by atomic mass is 10.1. The number of benzene rings is 1. The van der Waals surface area contributed by atoms with Gasteiger partial charge >= 0.3 is 0 Å². The van der Waals surface area contributed by atoms with Crippen LogP contribution in [-0.4, -0.2) is 30.9 Å². The number of hydrogen-bond acceptors (Lipinski definition) is 2. The highest BCUT2D eigenvalue weighted by molar-refractivity contribution is 6.31. The SMILES string of the molecule is CCC(CC)N(C)C(=O)c1cc(Cl)ccc1NC. The third kappa shape index (κ3) is 3.16. The molecule has 0 heterocycles. The largest absolute Gasteiger partial charge is 0.387 e. The second kappa shape index (κ2) is 6.64. The van der Waals surface area contributed by atoms with E-state index in [9.17, 15) is 4.79 Å². The normalized spacial score (nSPS) is 10.6. The van der Waals surface area contributed by atoms with E-state index in [1.807, 2.05) is 13.1 Å². The molecule has 1 N–H and O–H groups in total. The maximum Gasteiger partial charge on any atom is 0.255 e. The van der Waals surface area contributed by atoms with E-state index in [1.165, 1.54) is 0 Å². The first-order valence-electron chi connectivity index (χ1n) is 6.29. The van der Waals surface area contributed by atoms with Gasteiger partial charge in [0.25, 0.3) is 5.91 Å². The summed E-state index contributed by atoms with van der Waals surface area (Å²) in [5.41, 5.74) is 1.43. The van der Waals surface area contributed by atoms with Crippen molar-refractivity contribution in [3.05, 3.63) is 28.8 Å². The number of nitrogens with one attached hydrogen (secondary N) is 1. The van der Waals surface area contributed by atoms with Crippen molar-refractivity contribution < 1.29 is 4.79 Å². The number of anilines is 1. The van der Waals surface area contributed by atoms with Crippen molar-refractivity contribution in [1.82, 2.24) is 4.90 Å². The van der Waals surface area contributed by atoms with Crippen LogP contribution in [-0.2, 0) is 0 Å². The van der Waals surface area contributed by atoms with Crippen molar-refractivity contribution in [2.24, 2.45) is 0 Å². The second-order valence-corrected chi connectivity index (χ2v) is 4.76. The Bertz CT molecular complexity index is 416. The monoisotopic (exact) mass is 268 g/mol. The summed E-state index contributed by atoms with van der Waals surface area (Å²) in [5.74, 6) is 0.00977. The van der Waals surface area contributed by atoms with Crippen molar-refractivity contribution in [2.45, 2.75) is 32.7 Å². The molecule has 100 valence electrons. The molecule has 18 heavy (non-hydrogen) atoms. The van der Waals surface area contributed by atoms with Crippen molar-refractivity contribution in [1.29, 1.82) is 0 Å². The van der Waals surface area contributed by atoms with Crippen LogP contribution < -0.4 is 5.32 Å². The standard InChI is InChI=1S/C14H21ClN2O/c1-5-11(6-2)17(4)14(18)12-9-10(15)7-8-13(12)16-3/h7-9,11,16H,5-6H2,1-4H3. The molecule has 0 saturated carbocycles. The Morgan fingerprint density at radius 3 is 2.50 bits per heavy atom. The highest BCUT2D eigenvalue weighted by Crippen LogP contribution is 2.23. The molecule has 1 aromatic rings. The summed E-state index contributed by atoms with van der Waals surface area (Å²) >= 11 is 5.97. The van der Waals surface area contributed by atoms with Crippen molar-refractivity contribution in [3.8, 4) is 0 Å². The maximum absolute atomic E-state index is 12.5. The topological polar surface area (TPSA) is 32.3 Å². The van der Waals surface area contributed by atoms with E-state index in [2.05, 4.69) is 19.2 Å². The van der Waals surface area contributed by atoms with Crippen LogP contribution in [0.25, 0.3) is 0 Å². The van der Waals surface area contributed by atoms with Gasteiger partial charge in [-0.25, -0.2) is 0 Å². The zero-order valence-corrected chi connectivity index (χ0v) is 12.2. The zero-order chi connectivity index (χ0) is 13.7. The van der Waals surface area contributed by atoms with Gasteiger partial charge in [-0.15, -0.1) is 0 Å². The molecule has 0 fully saturated rings. The van der Waals surface area contributed by atoms with E-state index in [1.54, 1.807) is 24.1 Å². The number of nitrogens with zero attached hydrogens (tertiary/aromatic N) is 1. The van der Waals surface area contributed by atoms with Crippen LogP contribution in [0.2, 0.25) is 5.02 Å². The third-order valence-corrected chi connectivity index (χ3v) is 3.53. The molecule has 1 aromatic carbocycles. The lowest BCUT2D eigenvalue weighted by molar-refractivity contribution is 0.0724. The molecule has 4 heteroatoms. The molecular weight excluding hydrogens is 248 g/mol. The third-order valence-electron chi connectivity index (χ3n) is 3.29. The van der Waals surface area contributed by atoms with Crippen LogP contribution in [0.15, 0.2) is 18.2 Å². The zero-order valence-electron chi connectivity index (χ0n) is 11.5. The van der Waals surface area contributed by atoms with Gasteiger partial charge in [-0.05, 0) is 31.0 Å². The Kier molecular flexibility index (Phi) is 5.48. The van der Waals surface area contributed by atoms with Crippen LogP contribution in [0.3, 0.4) is 0 Å². The summed E-state index contributed by atoms with van der Waals surface area (Å²) in [6, 6.07) is 5.59. The molecule has 0 atom stereocenters. The lowest BCUT2D eigenvalue weighted by Crippen LogP contribution is -2.36. The Balaban J connectivity index is 3.05. The molecule has 0 unspecified atom stereocenters. The fourth-order valence-electron chi connectivity index (χ4n) is 2.10.